The zero-order valence-electron chi connectivity index (χ0n) is 13.1. The van der Waals surface area contributed by atoms with Crippen molar-refractivity contribution in [3.8, 4) is 11.5 Å². The van der Waals surface area contributed by atoms with Crippen LogP contribution in [-0.4, -0.2) is 48.3 Å². The van der Waals surface area contributed by atoms with E-state index in [2.05, 4.69) is 34.1 Å². The lowest BCUT2D eigenvalue weighted by Crippen LogP contribution is -2.48. The van der Waals surface area contributed by atoms with Crippen LogP contribution in [0.5, 0.6) is 11.5 Å². The number of rotatable bonds is 3. The normalized spacial score (nSPS) is 14.7. The molecule has 2 aromatic carbocycles. The lowest BCUT2D eigenvalue weighted by atomic mass is 10.1. The third kappa shape index (κ3) is 3.40. The fraction of sp³-hybridized carbons (Fsp3) is 0.278. The minimum absolute atomic E-state index is 0.132. The van der Waals surface area contributed by atoms with Crippen LogP contribution in [0.15, 0.2) is 48.5 Å². The number of hydrogen-bond acceptors (Lipinski definition) is 4. The van der Waals surface area contributed by atoms with Gasteiger partial charge in [0.1, 0.15) is 4.99 Å². The van der Waals surface area contributed by atoms with Gasteiger partial charge >= 0.3 is 0 Å². The van der Waals surface area contributed by atoms with Crippen LogP contribution in [-0.2, 0) is 0 Å². The van der Waals surface area contributed by atoms with Crippen LogP contribution >= 0.6 is 12.2 Å². The van der Waals surface area contributed by atoms with Crippen LogP contribution in [0.4, 0.5) is 5.69 Å². The summed E-state index contributed by atoms with van der Waals surface area (Å²) in [5, 5.41) is 9.70. The molecule has 0 bridgehead atoms. The molecule has 1 fully saturated rings. The van der Waals surface area contributed by atoms with Gasteiger partial charge in [0.15, 0.2) is 11.5 Å². The molecule has 1 N–H and O–H groups in total. The highest BCUT2D eigenvalue weighted by atomic mass is 32.1. The van der Waals surface area contributed by atoms with Gasteiger partial charge in [-0.3, -0.25) is 0 Å². The van der Waals surface area contributed by atoms with Crippen LogP contribution in [0.25, 0.3) is 0 Å². The average Bonchev–Trinajstić information content (AvgIpc) is 2.62. The van der Waals surface area contributed by atoms with E-state index >= 15 is 0 Å². The standard InChI is InChI=1S/C18H20N2O2S/c1-22-17-13-14(7-8-16(17)21)18(23)20-11-9-19(10-12-20)15-5-3-2-4-6-15/h2-8,13,21H,9-12H2,1H3. The number of benzene rings is 2. The van der Waals surface area contributed by atoms with Gasteiger partial charge in [0.2, 0.25) is 0 Å². The topological polar surface area (TPSA) is 35.9 Å². The molecule has 0 saturated carbocycles. The van der Waals surface area contributed by atoms with E-state index in [4.69, 9.17) is 17.0 Å². The number of methoxy groups -OCH3 is 1. The van der Waals surface area contributed by atoms with Crippen molar-refractivity contribution < 1.29 is 9.84 Å². The number of anilines is 1. The lowest BCUT2D eigenvalue weighted by molar-refractivity contribution is 0.372. The summed E-state index contributed by atoms with van der Waals surface area (Å²) >= 11 is 5.62. The maximum Gasteiger partial charge on any atom is 0.161 e. The van der Waals surface area contributed by atoms with Crippen molar-refractivity contribution in [2.45, 2.75) is 0 Å². The van der Waals surface area contributed by atoms with Gasteiger partial charge in [-0.15, -0.1) is 0 Å². The Morgan fingerprint density at radius 1 is 1.04 bits per heavy atom. The molecule has 5 heteroatoms. The first kappa shape index (κ1) is 15.6. The van der Waals surface area contributed by atoms with Gasteiger partial charge < -0.3 is 19.6 Å². The van der Waals surface area contributed by atoms with E-state index in [1.54, 1.807) is 19.2 Å². The third-order valence-corrected chi connectivity index (χ3v) is 4.61. The third-order valence-electron chi connectivity index (χ3n) is 4.11. The number of phenols is 1. The average molecular weight is 328 g/mol. The monoisotopic (exact) mass is 328 g/mol. The Bertz CT molecular complexity index is 683. The van der Waals surface area contributed by atoms with E-state index in [-0.39, 0.29) is 5.75 Å². The van der Waals surface area contributed by atoms with Crippen molar-refractivity contribution in [3.05, 3.63) is 54.1 Å². The zero-order valence-corrected chi connectivity index (χ0v) is 13.9. The van der Waals surface area contributed by atoms with Gasteiger partial charge in [-0.05, 0) is 30.3 Å². The molecule has 4 nitrogen and oxygen atoms in total. The molecule has 2 aromatic rings. The van der Waals surface area contributed by atoms with E-state index < -0.39 is 0 Å². The van der Waals surface area contributed by atoms with Crippen molar-refractivity contribution in [1.82, 2.24) is 4.90 Å². The Labute approximate surface area is 141 Å². The number of ether oxygens (including phenoxy) is 1. The maximum absolute atomic E-state index is 9.70. The van der Waals surface area contributed by atoms with Gasteiger partial charge in [0.05, 0.1) is 7.11 Å². The van der Waals surface area contributed by atoms with Crippen LogP contribution in [0.1, 0.15) is 5.56 Å². The van der Waals surface area contributed by atoms with Gasteiger partial charge in [0.25, 0.3) is 0 Å². The first-order chi connectivity index (χ1) is 11.2. The number of phenolic OH excluding ortho intramolecular Hbond substituents is 1. The molecule has 23 heavy (non-hydrogen) atoms. The second kappa shape index (κ2) is 6.87. The van der Waals surface area contributed by atoms with Gasteiger partial charge in [-0.1, -0.05) is 30.4 Å². The van der Waals surface area contributed by atoms with Gasteiger partial charge in [-0.2, -0.15) is 0 Å². The summed E-state index contributed by atoms with van der Waals surface area (Å²) in [4.78, 5) is 5.38. The summed E-state index contributed by atoms with van der Waals surface area (Å²) in [5.74, 6) is 0.584. The van der Waals surface area contributed by atoms with Crippen LogP contribution in [0.2, 0.25) is 0 Å². The van der Waals surface area contributed by atoms with Crippen molar-refractivity contribution in [2.24, 2.45) is 0 Å². The molecule has 1 aliphatic heterocycles. The Morgan fingerprint density at radius 2 is 1.74 bits per heavy atom. The highest BCUT2D eigenvalue weighted by Crippen LogP contribution is 2.27. The largest absolute Gasteiger partial charge is 0.504 e. The summed E-state index contributed by atoms with van der Waals surface area (Å²) in [7, 11) is 1.54. The molecule has 0 spiro atoms. The predicted octanol–water partition coefficient (Wildman–Crippen LogP) is 2.90. The second-order valence-electron chi connectivity index (χ2n) is 5.50. The molecule has 1 heterocycles. The highest BCUT2D eigenvalue weighted by molar-refractivity contribution is 7.80. The van der Waals surface area contributed by atoms with E-state index in [1.807, 2.05) is 12.1 Å². The Morgan fingerprint density at radius 3 is 2.39 bits per heavy atom. The number of hydrogen-bond donors (Lipinski definition) is 1. The summed E-state index contributed by atoms with van der Waals surface area (Å²) in [6, 6.07) is 15.7. The maximum atomic E-state index is 9.70. The van der Waals surface area contributed by atoms with Crippen LogP contribution in [0.3, 0.4) is 0 Å². The van der Waals surface area contributed by atoms with E-state index in [0.29, 0.717) is 5.75 Å². The number of thiocarbonyl (C=S) groups is 1. The van der Waals surface area contributed by atoms with E-state index in [0.717, 1.165) is 36.7 Å². The van der Waals surface area contributed by atoms with Crippen molar-refractivity contribution in [2.75, 3.05) is 38.2 Å². The van der Waals surface area contributed by atoms with Crippen molar-refractivity contribution in [3.63, 3.8) is 0 Å². The Hall–Kier alpha value is -2.27. The summed E-state index contributed by atoms with van der Waals surface area (Å²) < 4.78 is 5.16. The molecular weight excluding hydrogens is 308 g/mol. The number of para-hydroxylation sites is 1. The molecule has 1 aliphatic rings. The predicted molar refractivity (Wildman–Crippen MR) is 96.6 cm³/mol. The molecular formula is C18H20N2O2S. The molecule has 120 valence electrons. The number of aromatic hydroxyl groups is 1. The Balaban J connectivity index is 1.66. The van der Waals surface area contributed by atoms with Crippen LogP contribution in [0, 0.1) is 0 Å². The molecule has 3 rings (SSSR count). The smallest absolute Gasteiger partial charge is 0.161 e. The quantitative estimate of drug-likeness (QED) is 0.877. The minimum Gasteiger partial charge on any atom is -0.504 e. The first-order valence-electron chi connectivity index (χ1n) is 7.65. The van der Waals surface area contributed by atoms with Gasteiger partial charge in [0, 0.05) is 37.4 Å². The molecule has 0 aliphatic carbocycles. The SMILES string of the molecule is COc1cc(C(=S)N2CCN(c3ccccc3)CC2)ccc1O. The number of nitrogens with zero attached hydrogens (tertiary/aromatic N) is 2. The summed E-state index contributed by atoms with van der Waals surface area (Å²) in [6.45, 7) is 3.66. The van der Waals surface area contributed by atoms with E-state index in [1.165, 1.54) is 5.69 Å². The molecule has 1 saturated heterocycles. The molecule has 0 atom stereocenters. The summed E-state index contributed by atoms with van der Waals surface area (Å²) in [6.07, 6.45) is 0. The molecule has 0 radical (unpaired) electrons. The lowest BCUT2D eigenvalue weighted by Gasteiger charge is -2.37. The van der Waals surface area contributed by atoms with Crippen molar-refractivity contribution >= 4 is 22.9 Å². The molecule has 0 aromatic heterocycles. The van der Waals surface area contributed by atoms with Crippen molar-refractivity contribution in [1.29, 1.82) is 0 Å². The first-order valence-corrected chi connectivity index (χ1v) is 8.06. The fourth-order valence-electron chi connectivity index (χ4n) is 2.80. The Kier molecular flexibility index (Phi) is 4.67. The molecule has 0 unspecified atom stereocenters. The van der Waals surface area contributed by atoms with E-state index in [9.17, 15) is 5.11 Å². The van der Waals surface area contributed by atoms with Crippen LogP contribution < -0.4 is 9.64 Å². The number of piperazine rings is 1. The second-order valence-corrected chi connectivity index (χ2v) is 5.89. The highest BCUT2D eigenvalue weighted by Gasteiger charge is 2.20. The minimum atomic E-state index is 0.132. The molecule has 0 amide bonds. The summed E-state index contributed by atoms with van der Waals surface area (Å²) in [5.41, 5.74) is 2.16. The van der Waals surface area contributed by atoms with Gasteiger partial charge in [-0.25, -0.2) is 0 Å². The fourth-order valence-corrected chi connectivity index (χ4v) is 3.11. The zero-order chi connectivity index (χ0) is 16.2.